The molecule has 1 heterocycles. The molecule has 2 rings (SSSR count). The normalized spacial score (nSPS) is 10.5. The van der Waals surface area contributed by atoms with Crippen molar-refractivity contribution in [3.8, 4) is 0 Å². The number of rotatable bonds is 6. The van der Waals surface area contributed by atoms with Gasteiger partial charge in [0.2, 0.25) is 5.16 Å². The van der Waals surface area contributed by atoms with E-state index in [0.29, 0.717) is 10.9 Å². The van der Waals surface area contributed by atoms with Gasteiger partial charge in [-0.25, -0.2) is 4.98 Å². The molecule has 0 spiro atoms. The molecule has 0 aliphatic rings. The van der Waals surface area contributed by atoms with Crippen molar-refractivity contribution in [3.05, 3.63) is 39.7 Å². The number of nitrogens with zero attached hydrogens (tertiary/aromatic N) is 3. The molecular weight excluding hydrogens is 278 g/mol. The van der Waals surface area contributed by atoms with Crippen LogP contribution in [0.3, 0.4) is 0 Å². The monoisotopic (exact) mass is 293 g/mol. The van der Waals surface area contributed by atoms with Gasteiger partial charge in [-0.2, -0.15) is 0 Å². The Kier molecular flexibility index (Phi) is 4.57. The van der Waals surface area contributed by atoms with Crippen molar-refractivity contribution < 1.29 is 4.92 Å². The highest BCUT2D eigenvalue weighted by molar-refractivity contribution is 7.98. The maximum atomic E-state index is 10.8. The van der Waals surface area contributed by atoms with Gasteiger partial charge in [-0.1, -0.05) is 11.8 Å². The molecule has 0 atom stereocenters. The summed E-state index contributed by atoms with van der Waals surface area (Å²) >= 11 is 1.44. The molecule has 0 saturated carbocycles. The van der Waals surface area contributed by atoms with E-state index in [1.807, 2.05) is 13.8 Å². The molecule has 0 amide bonds. The predicted octanol–water partition coefficient (Wildman–Crippen LogP) is 2.75. The van der Waals surface area contributed by atoms with Gasteiger partial charge in [-0.05, 0) is 25.5 Å². The third-order valence-corrected chi connectivity index (χ3v) is 3.50. The molecule has 0 radical (unpaired) electrons. The fraction of sp³-hybridized carbons (Fsp3) is 0.333. The number of benzene rings is 1. The number of aromatic nitrogens is 3. The average Bonchev–Trinajstić information content (AvgIpc) is 2.83. The van der Waals surface area contributed by atoms with Gasteiger partial charge >= 0.3 is 0 Å². The standard InChI is InChI=1S/C12H15N5O2S/c1-3-13-11-5-4-10(17(18)19)6-9(11)7-20-12-14-8(2)15-16-12/h4-6,13H,3,7H2,1-2H3,(H,14,15,16). The van der Waals surface area contributed by atoms with Crippen molar-refractivity contribution >= 4 is 23.1 Å². The number of nitro groups is 1. The van der Waals surface area contributed by atoms with E-state index in [1.165, 1.54) is 17.8 Å². The van der Waals surface area contributed by atoms with Gasteiger partial charge in [0.15, 0.2) is 0 Å². The number of aryl methyl sites for hydroxylation is 1. The van der Waals surface area contributed by atoms with E-state index in [2.05, 4.69) is 20.5 Å². The molecule has 1 aromatic carbocycles. The molecule has 0 unspecified atom stereocenters. The number of thioether (sulfide) groups is 1. The quantitative estimate of drug-likeness (QED) is 0.483. The summed E-state index contributed by atoms with van der Waals surface area (Å²) < 4.78 is 0. The number of non-ortho nitro benzene ring substituents is 1. The lowest BCUT2D eigenvalue weighted by Gasteiger charge is -2.09. The van der Waals surface area contributed by atoms with Crippen molar-refractivity contribution in [1.82, 2.24) is 15.2 Å². The molecule has 2 N–H and O–H groups in total. The Hall–Kier alpha value is -2.09. The molecule has 0 aliphatic carbocycles. The van der Waals surface area contributed by atoms with E-state index in [-0.39, 0.29) is 10.6 Å². The number of nitro benzene ring substituents is 1. The Morgan fingerprint density at radius 1 is 1.50 bits per heavy atom. The molecular formula is C12H15N5O2S. The van der Waals surface area contributed by atoms with E-state index >= 15 is 0 Å². The molecule has 0 aliphatic heterocycles. The van der Waals surface area contributed by atoms with Crippen LogP contribution in [-0.4, -0.2) is 26.6 Å². The first kappa shape index (κ1) is 14.3. The fourth-order valence-corrected chi connectivity index (χ4v) is 2.54. The van der Waals surface area contributed by atoms with E-state index in [0.717, 1.165) is 23.6 Å². The first-order valence-electron chi connectivity index (χ1n) is 6.13. The van der Waals surface area contributed by atoms with Crippen LogP contribution >= 0.6 is 11.8 Å². The van der Waals surface area contributed by atoms with E-state index in [9.17, 15) is 10.1 Å². The molecule has 106 valence electrons. The maximum Gasteiger partial charge on any atom is 0.269 e. The zero-order valence-electron chi connectivity index (χ0n) is 11.2. The first-order chi connectivity index (χ1) is 9.60. The second kappa shape index (κ2) is 6.38. The van der Waals surface area contributed by atoms with E-state index < -0.39 is 0 Å². The zero-order valence-corrected chi connectivity index (χ0v) is 12.0. The van der Waals surface area contributed by atoms with Gasteiger partial charge in [0.25, 0.3) is 5.69 Å². The SMILES string of the molecule is CCNc1ccc([N+](=O)[O-])cc1CSc1n[nH]c(C)n1. The summed E-state index contributed by atoms with van der Waals surface area (Å²) in [5.41, 5.74) is 1.86. The highest BCUT2D eigenvalue weighted by atomic mass is 32.2. The van der Waals surface area contributed by atoms with Crippen LogP contribution in [0.15, 0.2) is 23.4 Å². The van der Waals surface area contributed by atoms with Gasteiger partial charge in [-0.3, -0.25) is 15.2 Å². The number of hydrogen-bond acceptors (Lipinski definition) is 6. The highest BCUT2D eigenvalue weighted by Crippen LogP contribution is 2.28. The number of H-pyrrole nitrogens is 1. The number of aromatic amines is 1. The van der Waals surface area contributed by atoms with Crippen LogP contribution in [0, 0.1) is 17.0 Å². The lowest BCUT2D eigenvalue weighted by molar-refractivity contribution is -0.384. The Morgan fingerprint density at radius 3 is 2.90 bits per heavy atom. The smallest absolute Gasteiger partial charge is 0.269 e. The van der Waals surface area contributed by atoms with Crippen molar-refractivity contribution in [1.29, 1.82) is 0 Å². The van der Waals surface area contributed by atoms with Crippen LogP contribution in [0.5, 0.6) is 0 Å². The number of hydrogen-bond donors (Lipinski definition) is 2. The number of nitrogens with one attached hydrogen (secondary N) is 2. The first-order valence-corrected chi connectivity index (χ1v) is 7.11. The second-order valence-electron chi connectivity index (χ2n) is 4.12. The topological polar surface area (TPSA) is 96.7 Å². The van der Waals surface area contributed by atoms with Crippen LogP contribution in [0.1, 0.15) is 18.3 Å². The predicted molar refractivity (Wildman–Crippen MR) is 77.9 cm³/mol. The van der Waals surface area contributed by atoms with Crippen molar-refractivity contribution in [2.75, 3.05) is 11.9 Å². The minimum absolute atomic E-state index is 0.0911. The van der Waals surface area contributed by atoms with E-state index in [1.54, 1.807) is 12.1 Å². The Morgan fingerprint density at radius 2 is 2.30 bits per heavy atom. The Balaban J connectivity index is 2.18. The molecule has 1 aromatic heterocycles. The number of anilines is 1. The molecule has 7 nitrogen and oxygen atoms in total. The molecule has 0 saturated heterocycles. The summed E-state index contributed by atoms with van der Waals surface area (Å²) in [6, 6.07) is 4.83. The van der Waals surface area contributed by atoms with Crippen LogP contribution < -0.4 is 5.32 Å². The second-order valence-corrected chi connectivity index (χ2v) is 5.06. The van der Waals surface area contributed by atoms with Gasteiger partial charge in [0.1, 0.15) is 5.82 Å². The van der Waals surface area contributed by atoms with Gasteiger partial charge < -0.3 is 5.32 Å². The maximum absolute atomic E-state index is 10.8. The zero-order chi connectivity index (χ0) is 14.5. The van der Waals surface area contributed by atoms with Crippen LogP contribution in [0.2, 0.25) is 0 Å². The minimum Gasteiger partial charge on any atom is -0.385 e. The molecule has 2 aromatic rings. The fourth-order valence-electron chi connectivity index (χ4n) is 1.71. The molecule has 0 fully saturated rings. The summed E-state index contributed by atoms with van der Waals surface area (Å²) in [4.78, 5) is 14.7. The van der Waals surface area contributed by atoms with Gasteiger partial charge in [0.05, 0.1) is 4.92 Å². The summed E-state index contributed by atoms with van der Waals surface area (Å²) in [6.45, 7) is 4.57. The average molecular weight is 293 g/mol. The molecule has 20 heavy (non-hydrogen) atoms. The summed E-state index contributed by atoms with van der Waals surface area (Å²) in [7, 11) is 0. The van der Waals surface area contributed by atoms with Crippen molar-refractivity contribution in [2.45, 2.75) is 24.8 Å². The van der Waals surface area contributed by atoms with Crippen LogP contribution in [-0.2, 0) is 5.75 Å². The lowest BCUT2D eigenvalue weighted by atomic mass is 10.2. The summed E-state index contributed by atoms with van der Waals surface area (Å²) in [5, 5.41) is 21.5. The van der Waals surface area contributed by atoms with Gasteiger partial charge in [-0.15, -0.1) is 5.10 Å². The third-order valence-electron chi connectivity index (χ3n) is 2.60. The summed E-state index contributed by atoms with van der Waals surface area (Å²) in [6.07, 6.45) is 0. The third kappa shape index (κ3) is 3.47. The lowest BCUT2D eigenvalue weighted by Crippen LogP contribution is -2.01. The van der Waals surface area contributed by atoms with Crippen LogP contribution in [0.4, 0.5) is 11.4 Å². The molecule has 8 heteroatoms. The largest absolute Gasteiger partial charge is 0.385 e. The minimum atomic E-state index is -0.388. The van der Waals surface area contributed by atoms with Crippen molar-refractivity contribution in [2.24, 2.45) is 0 Å². The van der Waals surface area contributed by atoms with Crippen molar-refractivity contribution in [3.63, 3.8) is 0 Å². The van der Waals surface area contributed by atoms with E-state index in [4.69, 9.17) is 0 Å². The Labute approximate surface area is 120 Å². The Bertz CT molecular complexity index is 614. The van der Waals surface area contributed by atoms with Crippen LogP contribution in [0.25, 0.3) is 0 Å². The molecule has 0 bridgehead atoms. The summed E-state index contributed by atoms with van der Waals surface area (Å²) in [5.74, 6) is 1.32. The highest BCUT2D eigenvalue weighted by Gasteiger charge is 2.11. The van der Waals surface area contributed by atoms with Gasteiger partial charge in [0, 0.05) is 30.1 Å².